The first kappa shape index (κ1) is 21.4. The second-order valence-corrected chi connectivity index (χ2v) is 10.8. The summed E-state index contributed by atoms with van der Waals surface area (Å²) in [6.45, 7) is 14.8. The molecule has 1 heterocycles. The smallest absolute Gasteiger partial charge is 0.228 e. The molecule has 3 unspecified atom stereocenters. The van der Waals surface area contributed by atoms with Crippen LogP contribution >= 0.6 is 0 Å². The van der Waals surface area contributed by atoms with Crippen molar-refractivity contribution >= 4 is 5.91 Å². The maximum atomic E-state index is 13.7. The van der Waals surface area contributed by atoms with Gasteiger partial charge in [-0.25, -0.2) is 0 Å². The summed E-state index contributed by atoms with van der Waals surface area (Å²) in [4.78, 5) is 15.8. The molecule has 1 amide bonds. The van der Waals surface area contributed by atoms with E-state index in [1.54, 1.807) is 0 Å². The van der Waals surface area contributed by atoms with Crippen LogP contribution in [0.5, 0.6) is 0 Å². The Bertz CT molecular complexity index is 668. The minimum atomic E-state index is -0.275. The minimum Gasteiger partial charge on any atom is -0.342 e. The van der Waals surface area contributed by atoms with E-state index in [0.29, 0.717) is 17.2 Å². The molecule has 2 N–H and O–H groups in total. The Labute approximate surface area is 172 Å². The van der Waals surface area contributed by atoms with Crippen LogP contribution in [0, 0.1) is 22.2 Å². The van der Waals surface area contributed by atoms with E-state index in [0.717, 1.165) is 45.2 Å². The molecular weight excluding hydrogens is 344 g/mol. The number of nitrogens with zero attached hydrogens (tertiary/aromatic N) is 1. The van der Waals surface area contributed by atoms with E-state index in [1.807, 2.05) is 6.08 Å². The van der Waals surface area contributed by atoms with Crippen molar-refractivity contribution in [3.05, 3.63) is 36.5 Å². The Hall–Kier alpha value is -1.35. The molecule has 0 aromatic heterocycles. The summed E-state index contributed by atoms with van der Waals surface area (Å²) in [7, 11) is 0. The molecule has 1 saturated heterocycles. The molecule has 3 nitrogen and oxygen atoms in total. The van der Waals surface area contributed by atoms with Gasteiger partial charge in [-0.2, -0.15) is 0 Å². The lowest BCUT2D eigenvalue weighted by atomic mass is 9.47. The number of hydrogen-bond acceptors (Lipinski definition) is 2. The normalized spacial score (nSPS) is 36.5. The summed E-state index contributed by atoms with van der Waals surface area (Å²) in [5.41, 5.74) is 7.55. The van der Waals surface area contributed by atoms with Crippen LogP contribution in [0.15, 0.2) is 36.5 Å². The number of rotatable bonds is 4. The predicted octanol–water partition coefficient (Wildman–Crippen LogP) is 5.24. The third-order valence-electron chi connectivity index (χ3n) is 7.40. The lowest BCUT2D eigenvalue weighted by Gasteiger charge is -2.58. The van der Waals surface area contributed by atoms with Gasteiger partial charge in [0.05, 0.1) is 0 Å². The van der Waals surface area contributed by atoms with Crippen molar-refractivity contribution in [2.45, 2.75) is 78.7 Å². The van der Waals surface area contributed by atoms with Gasteiger partial charge in [0, 0.05) is 24.5 Å². The van der Waals surface area contributed by atoms with Crippen molar-refractivity contribution in [2.75, 3.05) is 13.1 Å². The number of likely N-dealkylation sites (tertiary alicyclic amines) is 1. The van der Waals surface area contributed by atoms with Crippen LogP contribution in [0.4, 0.5) is 0 Å². The van der Waals surface area contributed by atoms with E-state index in [1.165, 1.54) is 18.4 Å². The second kappa shape index (κ2) is 7.82. The van der Waals surface area contributed by atoms with Gasteiger partial charge in [-0.15, -0.1) is 0 Å². The molecule has 28 heavy (non-hydrogen) atoms. The summed E-state index contributed by atoms with van der Waals surface area (Å²) in [6, 6.07) is 0.256. The molecular formula is C25H40N2O. The average molecular weight is 385 g/mol. The number of hydrogen-bond donors (Lipinski definition) is 1. The van der Waals surface area contributed by atoms with Crippen LogP contribution in [0.1, 0.15) is 72.6 Å². The number of piperidine rings is 1. The average Bonchev–Trinajstić information content (AvgIpc) is 2.59. The summed E-state index contributed by atoms with van der Waals surface area (Å²) in [5, 5.41) is 0. The third kappa shape index (κ3) is 4.15. The first-order valence-electron chi connectivity index (χ1n) is 11.1. The van der Waals surface area contributed by atoms with Crippen molar-refractivity contribution in [2.24, 2.45) is 27.9 Å². The molecule has 0 aromatic rings. The summed E-state index contributed by atoms with van der Waals surface area (Å²) in [5.74, 6) is 0.976. The Morgan fingerprint density at radius 2 is 1.79 bits per heavy atom. The molecule has 0 aromatic carbocycles. The van der Waals surface area contributed by atoms with Crippen LogP contribution in [0.2, 0.25) is 0 Å². The minimum absolute atomic E-state index is 0.0714. The molecule has 2 bridgehead atoms. The maximum Gasteiger partial charge on any atom is 0.228 e. The zero-order chi connectivity index (χ0) is 20.6. The van der Waals surface area contributed by atoms with Crippen LogP contribution in [-0.2, 0) is 4.79 Å². The summed E-state index contributed by atoms with van der Waals surface area (Å²) >= 11 is 0. The molecule has 2 aliphatic carbocycles. The van der Waals surface area contributed by atoms with E-state index in [2.05, 4.69) is 57.4 Å². The highest BCUT2D eigenvalue weighted by atomic mass is 16.2. The molecule has 3 heteroatoms. The van der Waals surface area contributed by atoms with E-state index >= 15 is 0 Å². The highest BCUT2D eigenvalue weighted by molar-refractivity contribution is 5.83. The number of nitrogens with two attached hydrogens (primary N) is 1. The Morgan fingerprint density at radius 1 is 1.11 bits per heavy atom. The zero-order valence-corrected chi connectivity index (χ0v) is 18.5. The van der Waals surface area contributed by atoms with Gasteiger partial charge < -0.3 is 10.6 Å². The quantitative estimate of drug-likeness (QED) is 0.674. The lowest BCUT2D eigenvalue weighted by molar-refractivity contribution is -0.151. The van der Waals surface area contributed by atoms with Gasteiger partial charge in [0.15, 0.2) is 0 Å². The molecule has 156 valence electrons. The topological polar surface area (TPSA) is 46.3 Å². The van der Waals surface area contributed by atoms with Crippen molar-refractivity contribution in [1.29, 1.82) is 0 Å². The molecule has 3 atom stereocenters. The number of carbonyl (C=O) groups is 1. The number of allylic oxidation sites excluding steroid dienone is 5. The second-order valence-electron chi connectivity index (χ2n) is 10.8. The van der Waals surface area contributed by atoms with Crippen molar-refractivity contribution in [3.63, 3.8) is 0 Å². The predicted molar refractivity (Wildman–Crippen MR) is 118 cm³/mol. The molecule has 0 spiro atoms. The summed E-state index contributed by atoms with van der Waals surface area (Å²) in [6.07, 6.45) is 15.9. The van der Waals surface area contributed by atoms with Crippen LogP contribution in [0.25, 0.3) is 0 Å². The fourth-order valence-corrected chi connectivity index (χ4v) is 6.89. The standard InChI is InChI=1S/C25H40N2O/c1-6-8-20(9-7-2)25-16-19(14-23(3,4)17-25)15-24(5,18-25)22(28)27-12-10-21(26)11-13-27/h6-9,19,21H,1,10-18,26H2,2-5H3/b9-7-,20-8+. The largest absolute Gasteiger partial charge is 0.342 e. The SMILES string of the molecule is C=C/C=C(\C=C/C)C12CC(CC(C)(C)C1)CC(C)(C(=O)N1CCC(N)CC1)C2. The van der Waals surface area contributed by atoms with E-state index in [4.69, 9.17) is 5.73 Å². The number of amides is 1. The maximum absolute atomic E-state index is 13.7. The van der Waals surface area contributed by atoms with Crippen molar-refractivity contribution < 1.29 is 4.79 Å². The van der Waals surface area contributed by atoms with Gasteiger partial charge in [0.25, 0.3) is 0 Å². The van der Waals surface area contributed by atoms with E-state index < -0.39 is 0 Å². The fourth-order valence-electron chi connectivity index (χ4n) is 6.89. The van der Waals surface area contributed by atoms with Crippen LogP contribution in [-0.4, -0.2) is 29.9 Å². The van der Waals surface area contributed by atoms with Gasteiger partial charge in [-0.05, 0) is 74.2 Å². The van der Waals surface area contributed by atoms with Gasteiger partial charge in [0.1, 0.15) is 0 Å². The molecule has 0 radical (unpaired) electrons. The van der Waals surface area contributed by atoms with Gasteiger partial charge in [-0.3, -0.25) is 4.79 Å². The lowest BCUT2D eigenvalue weighted by Crippen LogP contribution is -2.55. The molecule has 2 saturated carbocycles. The Balaban J connectivity index is 1.95. The third-order valence-corrected chi connectivity index (χ3v) is 7.40. The van der Waals surface area contributed by atoms with Gasteiger partial charge in [0.2, 0.25) is 5.91 Å². The zero-order valence-electron chi connectivity index (χ0n) is 18.5. The number of fused-ring (bicyclic) bond motifs is 2. The first-order chi connectivity index (χ1) is 13.1. The monoisotopic (exact) mass is 384 g/mol. The highest BCUT2D eigenvalue weighted by Crippen LogP contribution is 2.63. The van der Waals surface area contributed by atoms with Crippen LogP contribution in [0.3, 0.4) is 0 Å². The molecule has 1 aliphatic heterocycles. The van der Waals surface area contributed by atoms with E-state index in [-0.39, 0.29) is 16.9 Å². The molecule has 3 rings (SSSR count). The Kier molecular flexibility index (Phi) is 5.96. The van der Waals surface area contributed by atoms with Gasteiger partial charge in [-0.1, -0.05) is 51.7 Å². The van der Waals surface area contributed by atoms with Crippen molar-refractivity contribution in [3.8, 4) is 0 Å². The number of carbonyl (C=O) groups excluding carboxylic acids is 1. The van der Waals surface area contributed by atoms with Gasteiger partial charge >= 0.3 is 0 Å². The molecule has 3 aliphatic rings. The van der Waals surface area contributed by atoms with E-state index in [9.17, 15) is 4.79 Å². The van der Waals surface area contributed by atoms with Crippen molar-refractivity contribution in [1.82, 2.24) is 4.90 Å². The highest BCUT2D eigenvalue weighted by Gasteiger charge is 2.56. The van der Waals surface area contributed by atoms with Crippen LogP contribution < -0.4 is 5.73 Å². The fraction of sp³-hybridized carbons (Fsp3) is 0.720. The summed E-state index contributed by atoms with van der Waals surface area (Å²) < 4.78 is 0. The first-order valence-corrected chi connectivity index (χ1v) is 11.1. The Morgan fingerprint density at radius 3 is 2.39 bits per heavy atom. The molecule has 3 fully saturated rings.